The Morgan fingerprint density at radius 3 is 2.81 bits per heavy atom. The summed E-state index contributed by atoms with van der Waals surface area (Å²) in [6, 6.07) is 3.07. The highest BCUT2D eigenvalue weighted by molar-refractivity contribution is 5.23. The molecule has 16 heavy (non-hydrogen) atoms. The molecule has 1 fully saturated rings. The Morgan fingerprint density at radius 1 is 1.44 bits per heavy atom. The maximum absolute atomic E-state index is 13.5. The Morgan fingerprint density at radius 2 is 2.19 bits per heavy atom. The number of ether oxygens (including phenoxy) is 1. The molecule has 4 heteroatoms. The summed E-state index contributed by atoms with van der Waals surface area (Å²) >= 11 is 0. The molecule has 2 atom stereocenters. The van der Waals surface area contributed by atoms with Crippen LogP contribution in [-0.2, 0) is 4.74 Å². The van der Waals surface area contributed by atoms with Gasteiger partial charge >= 0.3 is 0 Å². The van der Waals surface area contributed by atoms with E-state index in [9.17, 15) is 13.9 Å². The SMILES string of the molecule is CC1(C(O)c2cc(F)ccc2F)CCCO1. The van der Waals surface area contributed by atoms with Gasteiger partial charge < -0.3 is 9.84 Å². The van der Waals surface area contributed by atoms with E-state index >= 15 is 0 Å². The molecule has 1 aromatic rings. The first-order chi connectivity index (χ1) is 7.53. The third-order valence-corrected chi connectivity index (χ3v) is 3.08. The monoisotopic (exact) mass is 228 g/mol. The van der Waals surface area contributed by atoms with Crippen LogP contribution in [0.1, 0.15) is 31.4 Å². The molecule has 1 N–H and O–H groups in total. The standard InChI is InChI=1S/C12H14F2O2/c1-12(5-2-6-16-12)11(15)9-7-8(13)3-4-10(9)14/h3-4,7,11,15H,2,5-6H2,1H3. The molecule has 0 spiro atoms. The fraction of sp³-hybridized carbons (Fsp3) is 0.500. The summed E-state index contributed by atoms with van der Waals surface area (Å²) in [5.74, 6) is -1.16. The van der Waals surface area contributed by atoms with Gasteiger partial charge in [0.15, 0.2) is 0 Å². The first kappa shape index (κ1) is 11.5. The summed E-state index contributed by atoms with van der Waals surface area (Å²) < 4.78 is 31.9. The van der Waals surface area contributed by atoms with E-state index in [-0.39, 0.29) is 5.56 Å². The molecule has 0 radical (unpaired) electrons. The minimum atomic E-state index is -1.13. The molecule has 1 aliphatic heterocycles. The van der Waals surface area contributed by atoms with E-state index in [1.807, 2.05) is 0 Å². The van der Waals surface area contributed by atoms with Gasteiger partial charge in [-0.1, -0.05) is 0 Å². The molecule has 1 aromatic carbocycles. The van der Waals surface area contributed by atoms with Gasteiger partial charge in [0.25, 0.3) is 0 Å². The van der Waals surface area contributed by atoms with Crippen molar-refractivity contribution >= 4 is 0 Å². The highest BCUT2D eigenvalue weighted by atomic mass is 19.1. The van der Waals surface area contributed by atoms with Crippen LogP contribution in [0.4, 0.5) is 8.78 Å². The van der Waals surface area contributed by atoms with E-state index in [4.69, 9.17) is 4.74 Å². The quantitative estimate of drug-likeness (QED) is 0.843. The van der Waals surface area contributed by atoms with Crippen LogP contribution >= 0.6 is 0 Å². The Balaban J connectivity index is 2.32. The van der Waals surface area contributed by atoms with Crippen LogP contribution in [0, 0.1) is 11.6 Å². The van der Waals surface area contributed by atoms with Crippen LogP contribution in [0.15, 0.2) is 18.2 Å². The average molecular weight is 228 g/mol. The molecule has 2 unspecified atom stereocenters. The van der Waals surface area contributed by atoms with Crippen molar-refractivity contribution in [2.45, 2.75) is 31.5 Å². The van der Waals surface area contributed by atoms with Crippen LogP contribution in [0.5, 0.6) is 0 Å². The molecule has 2 rings (SSSR count). The van der Waals surface area contributed by atoms with Crippen LogP contribution < -0.4 is 0 Å². The lowest BCUT2D eigenvalue weighted by atomic mass is 9.90. The highest BCUT2D eigenvalue weighted by Gasteiger charge is 2.39. The summed E-state index contributed by atoms with van der Waals surface area (Å²) in [5.41, 5.74) is -0.848. The Bertz CT molecular complexity index is 387. The van der Waals surface area contributed by atoms with Crippen LogP contribution in [0.3, 0.4) is 0 Å². The van der Waals surface area contributed by atoms with Crippen molar-refractivity contribution < 1.29 is 18.6 Å². The Labute approximate surface area is 92.9 Å². The van der Waals surface area contributed by atoms with Crippen molar-refractivity contribution in [3.63, 3.8) is 0 Å². The van der Waals surface area contributed by atoms with Crippen molar-refractivity contribution in [2.75, 3.05) is 6.61 Å². The largest absolute Gasteiger partial charge is 0.385 e. The molecular weight excluding hydrogens is 214 g/mol. The van der Waals surface area contributed by atoms with Gasteiger partial charge in [0.1, 0.15) is 17.7 Å². The number of hydrogen-bond acceptors (Lipinski definition) is 2. The van der Waals surface area contributed by atoms with E-state index in [2.05, 4.69) is 0 Å². The zero-order valence-corrected chi connectivity index (χ0v) is 9.04. The normalized spacial score (nSPS) is 27.0. The van der Waals surface area contributed by atoms with Crippen LogP contribution in [0.25, 0.3) is 0 Å². The van der Waals surface area contributed by atoms with Gasteiger partial charge in [-0.2, -0.15) is 0 Å². The van der Waals surface area contributed by atoms with Crippen LogP contribution in [-0.4, -0.2) is 17.3 Å². The molecule has 1 saturated heterocycles. The third-order valence-electron chi connectivity index (χ3n) is 3.08. The zero-order valence-electron chi connectivity index (χ0n) is 9.04. The predicted molar refractivity (Wildman–Crippen MR) is 54.9 cm³/mol. The van der Waals surface area contributed by atoms with E-state index in [0.29, 0.717) is 13.0 Å². The number of aliphatic hydroxyl groups is 1. The first-order valence-corrected chi connectivity index (χ1v) is 5.30. The maximum atomic E-state index is 13.5. The number of aliphatic hydroxyl groups excluding tert-OH is 1. The molecule has 2 nitrogen and oxygen atoms in total. The second-order valence-electron chi connectivity index (χ2n) is 4.33. The van der Waals surface area contributed by atoms with Gasteiger partial charge in [-0.25, -0.2) is 8.78 Å². The summed E-state index contributed by atoms with van der Waals surface area (Å²) in [6.45, 7) is 2.26. The van der Waals surface area contributed by atoms with Crippen molar-refractivity contribution in [1.29, 1.82) is 0 Å². The topological polar surface area (TPSA) is 29.5 Å². The van der Waals surface area contributed by atoms with Gasteiger partial charge in [0.2, 0.25) is 0 Å². The summed E-state index contributed by atoms with van der Waals surface area (Å²) in [7, 11) is 0. The van der Waals surface area contributed by atoms with Gasteiger partial charge in [-0.15, -0.1) is 0 Å². The molecule has 0 saturated carbocycles. The van der Waals surface area contributed by atoms with E-state index in [0.717, 1.165) is 24.6 Å². The second kappa shape index (κ2) is 4.11. The van der Waals surface area contributed by atoms with Crippen molar-refractivity contribution in [3.05, 3.63) is 35.4 Å². The molecule has 88 valence electrons. The number of benzene rings is 1. The van der Waals surface area contributed by atoms with Crippen molar-refractivity contribution in [3.8, 4) is 0 Å². The fourth-order valence-corrected chi connectivity index (χ4v) is 2.07. The second-order valence-corrected chi connectivity index (χ2v) is 4.33. The molecule has 0 aromatic heterocycles. The van der Waals surface area contributed by atoms with Gasteiger partial charge in [0, 0.05) is 12.2 Å². The molecule has 0 amide bonds. The van der Waals surface area contributed by atoms with E-state index in [1.165, 1.54) is 0 Å². The fourth-order valence-electron chi connectivity index (χ4n) is 2.07. The average Bonchev–Trinajstić information content (AvgIpc) is 2.69. The lowest BCUT2D eigenvalue weighted by molar-refractivity contribution is -0.0809. The molecule has 0 aliphatic carbocycles. The predicted octanol–water partition coefficient (Wildman–Crippen LogP) is 2.57. The lowest BCUT2D eigenvalue weighted by Crippen LogP contribution is -2.32. The van der Waals surface area contributed by atoms with Gasteiger partial charge in [0.05, 0.1) is 5.60 Å². The first-order valence-electron chi connectivity index (χ1n) is 5.30. The zero-order chi connectivity index (χ0) is 11.8. The van der Waals surface area contributed by atoms with E-state index < -0.39 is 23.3 Å². The molecular formula is C12H14F2O2. The van der Waals surface area contributed by atoms with E-state index in [1.54, 1.807) is 6.92 Å². The number of halogens is 2. The molecule has 1 heterocycles. The number of hydrogen-bond donors (Lipinski definition) is 1. The van der Waals surface area contributed by atoms with Gasteiger partial charge in [-0.05, 0) is 38.0 Å². The summed E-state index contributed by atoms with van der Waals surface area (Å²) in [6.07, 6.45) is 0.333. The minimum absolute atomic E-state index is 0.0376. The molecule has 0 bridgehead atoms. The number of rotatable bonds is 2. The van der Waals surface area contributed by atoms with Crippen molar-refractivity contribution in [2.24, 2.45) is 0 Å². The third kappa shape index (κ3) is 1.95. The minimum Gasteiger partial charge on any atom is -0.385 e. The van der Waals surface area contributed by atoms with Crippen molar-refractivity contribution in [1.82, 2.24) is 0 Å². The van der Waals surface area contributed by atoms with Crippen LogP contribution in [0.2, 0.25) is 0 Å². The molecule has 1 aliphatic rings. The Hall–Kier alpha value is -1.00. The summed E-state index contributed by atoms with van der Waals surface area (Å²) in [4.78, 5) is 0. The smallest absolute Gasteiger partial charge is 0.129 e. The van der Waals surface area contributed by atoms with Gasteiger partial charge in [-0.3, -0.25) is 0 Å². The summed E-state index contributed by atoms with van der Waals surface area (Å²) in [5, 5.41) is 10.1. The Kier molecular flexibility index (Phi) is 2.95. The maximum Gasteiger partial charge on any atom is 0.129 e. The highest BCUT2D eigenvalue weighted by Crippen LogP contribution is 2.38. The lowest BCUT2D eigenvalue weighted by Gasteiger charge is -2.29.